The van der Waals surface area contributed by atoms with Gasteiger partial charge in [-0.25, -0.2) is 0 Å². The molecule has 0 saturated carbocycles. The molecule has 1 aliphatic rings. The first-order chi connectivity index (χ1) is 9.24. The van der Waals surface area contributed by atoms with Gasteiger partial charge in [0.05, 0.1) is 6.04 Å². The fraction of sp³-hybridized carbons (Fsp3) is 0.429. The SMILES string of the molecule is CC(=O)NCC1CCCN1c1nc2ccccc2o1. The fourth-order valence-corrected chi connectivity index (χ4v) is 2.54. The molecule has 0 radical (unpaired) electrons. The molecule has 5 heteroatoms. The number of nitrogens with one attached hydrogen (secondary N) is 1. The number of para-hydroxylation sites is 2. The zero-order chi connectivity index (χ0) is 13.2. The van der Waals surface area contributed by atoms with Crippen molar-refractivity contribution in [1.82, 2.24) is 10.3 Å². The summed E-state index contributed by atoms with van der Waals surface area (Å²) in [4.78, 5) is 17.7. The second-order valence-corrected chi connectivity index (χ2v) is 4.89. The summed E-state index contributed by atoms with van der Waals surface area (Å²) < 4.78 is 5.79. The van der Waals surface area contributed by atoms with E-state index in [1.807, 2.05) is 24.3 Å². The van der Waals surface area contributed by atoms with Crippen LogP contribution in [0.25, 0.3) is 11.1 Å². The van der Waals surface area contributed by atoms with Gasteiger partial charge in [0.2, 0.25) is 5.91 Å². The maximum atomic E-state index is 11.0. The number of carbonyl (C=O) groups excluding carboxylic acids is 1. The van der Waals surface area contributed by atoms with Gasteiger partial charge in [0.25, 0.3) is 6.01 Å². The third kappa shape index (κ3) is 2.41. The molecule has 1 aliphatic heterocycles. The molecule has 2 heterocycles. The summed E-state index contributed by atoms with van der Waals surface area (Å²) in [5.74, 6) is 0.00409. The maximum absolute atomic E-state index is 11.0. The molecule has 3 rings (SSSR count). The van der Waals surface area contributed by atoms with Crippen LogP contribution >= 0.6 is 0 Å². The number of benzene rings is 1. The number of oxazole rings is 1. The number of amides is 1. The molecule has 1 aromatic carbocycles. The van der Waals surface area contributed by atoms with Crippen molar-refractivity contribution in [1.29, 1.82) is 0 Å². The third-order valence-electron chi connectivity index (χ3n) is 3.49. The number of fused-ring (bicyclic) bond motifs is 1. The van der Waals surface area contributed by atoms with Crippen LogP contribution in [-0.2, 0) is 4.79 Å². The summed E-state index contributed by atoms with van der Waals surface area (Å²) in [6, 6.07) is 8.70. The summed E-state index contributed by atoms with van der Waals surface area (Å²) in [6.07, 6.45) is 2.15. The first kappa shape index (κ1) is 12.0. The number of aromatic nitrogens is 1. The average Bonchev–Trinajstić information content (AvgIpc) is 3.02. The molecular formula is C14H17N3O2. The normalized spacial score (nSPS) is 19.0. The number of nitrogens with zero attached hydrogens (tertiary/aromatic N) is 2. The summed E-state index contributed by atoms with van der Waals surface area (Å²) in [5, 5.41) is 2.87. The van der Waals surface area contributed by atoms with Gasteiger partial charge in [-0.3, -0.25) is 4.79 Å². The van der Waals surface area contributed by atoms with Crippen molar-refractivity contribution in [3.63, 3.8) is 0 Å². The zero-order valence-corrected chi connectivity index (χ0v) is 10.9. The first-order valence-corrected chi connectivity index (χ1v) is 6.61. The molecule has 5 nitrogen and oxygen atoms in total. The van der Waals surface area contributed by atoms with E-state index in [0.717, 1.165) is 30.5 Å². The maximum Gasteiger partial charge on any atom is 0.298 e. The average molecular weight is 259 g/mol. The Labute approximate surface area is 111 Å². The molecule has 0 aliphatic carbocycles. The van der Waals surface area contributed by atoms with E-state index >= 15 is 0 Å². The Hall–Kier alpha value is -2.04. The molecule has 1 unspecified atom stereocenters. The Bertz CT molecular complexity index is 560. The van der Waals surface area contributed by atoms with Crippen molar-refractivity contribution in [2.24, 2.45) is 0 Å². The van der Waals surface area contributed by atoms with Crippen molar-refractivity contribution >= 4 is 23.0 Å². The topological polar surface area (TPSA) is 58.4 Å². The highest BCUT2D eigenvalue weighted by molar-refractivity contribution is 5.74. The Morgan fingerprint density at radius 3 is 3.16 bits per heavy atom. The highest BCUT2D eigenvalue weighted by Crippen LogP contribution is 2.27. The number of carbonyl (C=O) groups is 1. The van der Waals surface area contributed by atoms with E-state index in [2.05, 4.69) is 15.2 Å². The fourth-order valence-electron chi connectivity index (χ4n) is 2.54. The van der Waals surface area contributed by atoms with Gasteiger partial charge >= 0.3 is 0 Å². The molecule has 0 bridgehead atoms. The van der Waals surface area contributed by atoms with Crippen LogP contribution in [0.1, 0.15) is 19.8 Å². The molecule has 2 aromatic rings. The van der Waals surface area contributed by atoms with E-state index < -0.39 is 0 Å². The molecular weight excluding hydrogens is 242 g/mol. The van der Waals surface area contributed by atoms with Gasteiger partial charge in [0.15, 0.2) is 5.58 Å². The minimum Gasteiger partial charge on any atom is -0.423 e. The van der Waals surface area contributed by atoms with Gasteiger partial charge in [-0.2, -0.15) is 4.98 Å². The van der Waals surface area contributed by atoms with Gasteiger partial charge in [-0.05, 0) is 25.0 Å². The van der Waals surface area contributed by atoms with Crippen LogP contribution in [0.3, 0.4) is 0 Å². The number of hydrogen-bond donors (Lipinski definition) is 1. The minimum atomic E-state index is 0.00409. The van der Waals surface area contributed by atoms with Crippen molar-refractivity contribution < 1.29 is 9.21 Å². The number of anilines is 1. The highest BCUT2D eigenvalue weighted by Gasteiger charge is 2.28. The van der Waals surface area contributed by atoms with E-state index in [1.54, 1.807) is 6.92 Å². The predicted octanol–water partition coefficient (Wildman–Crippen LogP) is 1.93. The Morgan fingerprint density at radius 2 is 2.37 bits per heavy atom. The van der Waals surface area contributed by atoms with Gasteiger partial charge < -0.3 is 14.6 Å². The number of rotatable bonds is 3. The molecule has 1 atom stereocenters. The molecule has 0 spiro atoms. The summed E-state index contributed by atoms with van der Waals surface area (Å²) in [6.45, 7) is 3.11. The van der Waals surface area contributed by atoms with Gasteiger partial charge in [0.1, 0.15) is 5.52 Å². The molecule has 19 heavy (non-hydrogen) atoms. The molecule has 1 aromatic heterocycles. The minimum absolute atomic E-state index is 0.00409. The molecule has 1 amide bonds. The van der Waals surface area contributed by atoms with Gasteiger partial charge in [0, 0.05) is 20.0 Å². The van der Waals surface area contributed by atoms with Crippen LogP contribution in [0, 0.1) is 0 Å². The van der Waals surface area contributed by atoms with Crippen LogP contribution in [0.4, 0.5) is 6.01 Å². The summed E-state index contributed by atoms with van der Waals surface area (Å²) >= 11 is 0. The van der Waals surface area contributed by atoms with E-state index in [1.165, 1.54) is 0 Å². The molecule has 1 fully saturated rings. The van der Waals surface area contributed by atoms with Gasteiger partial charge in [-0.15, -0.1) is 0 Å². The van der Waals surface area contributed by atoms with Crippen LogP contribution in [0.2, 0.25) is 0 Å². The Balaban J connectivity index is 1.81. The van der Waals surface area contributed by atoms with Crippen LogP contribution in [0.15, 0.2) is 28.7 Å². The van der Waals surface area contributed by atoms with Crippen molar-refractivity contribution in [2.45, 2.75) is 25.8 Å². The van der Waals surface area contributed by atoms with Crippen molar-refractivity contribution in [3.8, 4) is 0 Å². The summed E-state index contributed by atoms with van der Waals surface area (Å²) in [7, 11) is 0. The third-order valence-corrected chi connectivity index (χ3v) is 3.49. The van der Waals surface area contributed by atoms with Crippen LogP contribution < -0.4 is 10.2 Å². The van der Waals surface area contributed by atoms with Crippen LogP contribution in [-0.4, -0.2) is 30.0 Å². The largest absolute Gasteiger partial charge is 0.423 e. The Kier molecular flexibility index (Phi) is 3.11. The van der Waals surface area contributed by atoms with Crippen molar-refractivity contribution in [2.75, 3.05) is 18.0 Å². The van der Waals surface area contributed by atoms with Crippen molar-refractivity contribution in [3.05, 3.63) is 24.3 Å². The van der Waals surface area contributed by atoms with E-state index in [9.17, 15) is 4.79 Å². The second kappa shape index (κ2) is 4.91. The first-order valence-electron chi connectivity index (χ1n) is 6.61. The predicted molar refractivity (Wildman–Crippen MR) is 73.1 cm³/mol. The zero-order valence-electron chi connectivity index (χ0n) is 10.9. The standard InChI is InChI=1S/C14H17N3O2/c1-10(18)15-9-11-5-4-8-17(11)14-16-12-6-2-3-7-13(12)19-14/h2-3,6-7,11H,4-5,8-9H2,1H3,(H,15,18). The number of hydrogen-bond acceptors (Lipinski definition) is 4. The van der Waals surface area contributed by atoms with E-state index in [-0.39, 0.29) is 11.9 Å². The second-order valence-electron chi connectivity index (χ2n) is 4.89. The lowest BCUT2D eigenvalue weighted by molar-refractivity contribution is -0.119. The Morgan fingerprint density at radius 1 is 1.53 bits per heavy atom. The van der Waals surface area contributed by atoms with Crippen LogP contribution in [0.5, 0.6) is 0 Å². The molecule has 1 N–H and O–H groups in total. The lowest BCUT2D eigenvalue weighted by Crippen LogP contribution is -2.39. The van der Waals surface area contributed by atoms with E-state index in [0.29, 0.717) is 12.6 Å². The van der Waals surface area contributed by atoms with Gasteiger partial charge in [-0.1, -0.05) is 12.1 Å². The quantitative estimate of drug-likeness (QED) is 0.915. The molecule has 100 valence electrons. The molecule has 1 saturated heterocycles. The highest BCUT2D eigenvalue weighted by atomic mass is 16.4. The summed E-state index contributed by atoms with van der Waals surface area (Å²) in [5.41, 5.74) is 1.69. The lowest BCUT2D eigenvalue weighted by Gasteiger charge is -2.22. The van der Waals surface area contributed by atoms with E-state index in [4.69, 9.17) is 4.42 Å². The lowest BCUT2D eigenvalue weighted by atomic mass is 10.2. The smallest absolute Gasteiger partial charge is 0.298 e. The monoisotopic (exact) mass is 259 g/mol.